The first-order chi connectivity index (χ1) is 12.0. The lowest BCUT2D eigenvalue weighted by Gasteiger charge is -2.19. The molecule has 0 aliphatic rings. The van der Waals surface area contributed by atoms with Crippen LogP contribution in [0.15, 0.2) is 60.9 Å². The number of benzene rings is 1. The molecule has 1 atom stereocenters. The highest BCUT2D eigenvalue weighted by Gasteiger charge is 2.22. The van der Waals surface area contributed by atoms with Gasteiger partial charge in [-0.1, -0.05) is 29.8 Å². The highest BCUT2D eigenvalue weighted by molar-refractivity contribution is 6.30. The van der Waals surface area contributed by atoms with Gasteiger partial charge in [0.2, 0.25) is 5.82 Å². The SMILES string of the molecule is O=[N+]([O-])c1cc(Cl)cnc1NC(c1cccc(F)c1)c1ccccn1. The van der Waals surface area contributed by atoms with Crippen molar-refractivity contribution in [2.45, 2.75) is 6.04 Å². The van der Waals surface area contributed by atoms with Crippen LogP contribution in [0.25, 0.3) is 0 Å². The van der Waals surface area contributed by atoms with Gasteiger partial charge in [0, 0.05) is 18.5 Å². The van der Waals surface area contributed by atoms with Crippen molar-refractivity contribution in [1.82, 2.24) is 9.97 Å². The highest BCUT2D eigenvalue weighted by atomic mass is 35.5. The van der Waals surface area contributed by atoms with Gasteiger partial charge in [0.25, 0.3) is 0 Å². The first kappa shape index (κ1) is 16.8. The van der Waals surface area contributed by atoms with Crippen LogP contribution in [0, 0.1) is 15.9 Å². The van der Waals surface area contributed by atoms with E-state index in [4.69, 9.17) is 11.6 Å². The third-order valence-corrected chi connectivity index (χ3v) is 3.68. The van der Waals surface area contributed by atoms with E-state index < -0.39 is 16.8 Å². The second-order valence-corrected chi connectivity index (χ2v) is 5.60. The summed E-state index contributed by atoms with van der Waals surface area (Å²) in [5.74, 6) is -0.395. The van der Waals surface area contributed by atoms with Crippen molar-refractivity contribution in [3.05, 3.63) is 93.1 Å². The van der Waals surface area contributed by atoms with Crippen molar-refractivity contribution in [2.24, 2.45) is 0 Å². The Labute approximate surface area is 147 Å². The number of rotatable bonds is 5. The first-order valence-corrected chi connectivity index (χ1v) is 7.65. The molecule has 0 spiro atoms. The van der Waals surface area contributed by atoms with E-state index in [1.807, 2.05) is 0 Å². The Morgan fingerprint density at radius 1 is 1.16 bits per heavy atom. The lowest BCUT2D eigenvalue weighted by atomic mass is 10.0. The maximum Gasteiger partial charge on any atom is 0.312 e. The molecule has 1 unspecified atom stereocenters. The van der Waals surface area contributed by atoms with Gasteiger partial charge < -0.3 is 5.32 Å². The molecule has 1 aromatic carbocycles. The summed E-state index contributed by atoms with van der Waals surface area (Å²) in [7, 11) is 0. The zero-order valence-electron chi connectivity index (χ0n) is 12.8. The van der Waals surface area contributed by atoms with Gasteiger partial charge >= 0.3 is 5.69 Å². The summed E-state index contributed by atoms with van der Waals surface area (Å²) in [5, 5.41) is 14.4. The fourth-order valence-corrected chi connectivity index (χ4v) is 2.53. The Hall–Kier alpha value is -3.06. The zero-order chi connectivity index (χ0) is 17.8. The molecule has 0 saturated carbocycles. The number of anilines is 1. The summed E-state index contributed by atoms with van der Waals surface area (Å²) >= 11 is 5.80. The lowest BCUT2D eigenvalue weighted by Crippen LogP contribution is -2.16. The van der Waals surface area contributed by atoms with Crippen LogP contribution < -0.4 is 5.32 Å². The Morgan fingerprint density at radius 3 is 2.68 bits per heavy atom. The molecule has 3 rings (SSSR count). The lowest BCUT2D eigenvalue weighted by molar-refractivity contribution is -0.384. The predicted molar refractivity (Wildman–Crippen MR) is 92.0 cm³/mol. The molecule has 0 fully saturated rings. The monoisotopic (exact) mass is 358 g/mol. The van der Waals surface area contributed by atoms with Gasteiger partial charge in [0.1, 0.15) is 5.82 Å². The number of hydrogen-bond donors (Lipinski definition) is 1. The maximum absolute atomic E-state index is 13.7. The molecule has 0 aliphatic heterocycles. The topological polar surface area (TPSA) is 81.0 Å². The summed E-state index contributed by atoms with van der Waals surface area (Å²) in [5.41, 5.74) is 0.855. The van der Waals surface area contributed by atoms with Gasteiger partial charge in [-0.3, -0.25) is 15.1 Å². The maximum atomic E-state index is 13.7. The largest absolute Gasteiger partial charge is 0.352 e. The molecular weight excluding hydrogens is 347 g/mol. The van der Waals surface area contributed by atoms with Crippen LogP contribution in [0.3, 0.4) is 0 Å². The van der Waals surface area contributed by atoms with Crippen LogP contribution in [0.4, 0.5) is 15.9 Å². The molecule has 1 N–H and O–H groups in total. The highest BCUT2D eigenvalue weighted by Crippen LogP contribution is 2.31. The summed E-state index contributed by atoms with van der Waals surface area (Å²) in [6, 6.07) is 11.8. The van der Waals surface area contributed by atoms with Crippen LogP contribution in [0.1, 0.15) is 17.3 Å². The third-order valence-electron chi connectivity index (χ3n) is 3.48. The van der Waals surface area contributed by atoms with Crippen LogP contribution in [0.2, 0.25) is 5.02 Å². The summed E-state index contributed by atoms with van der Waals surface area (Å²) in [6.07, 6.45) is 2.89. The second kappa shape index (κ2) is 7.23. The Kier molecular flexibility index (Phi) is 4.85. The average Bonchev–Trinajstić information content (AvgIpc) is 2.61. The van der Waals surface area contributed by atoms with Gasteiger partial charge in [0.05, 0.1) is 21.7 Å². The van der Waals surface area contributed by atoms with E-state index in [1.165, 1.54) is 24.4 Å². The third kappa shape index (κ3) is 3.89. The molecule has 2 heterocycles. The number of nitrogens with zero attached hydrogens (tertiary/aromatic N) is 3. The zero-order valence-corrected chi connectivity index (χ0v) is 13.5. The van der Waals surface area contributed by atoms with Crippen molar-refractivity contribution in [1.29, 1.82) is 0 Å². The van der Waals surface area contributed by atoms with E-state index in [-0.39, 0.29) is 16.5 Å². The van der Waals surface area contributed by atoms with Crippen molar-refractivity contribution < 1.29 is 9.31 Å². The smallest absolute Gasteiger partial charge is 0.312 e. The Morgan fingerprint density at radius 2 is 2.00 bits per heavy atom. The van der Waals surface area contributed by atoms with Gasteiger partial charge in [-0.2, -0.15) is 0 Å². The minimum Gasteiger partial charge on any atom is -0.352 e. The number of aromatic nitrogens is 2. The molecule has 0 saturated heterocycles. The molecule has 126 valence electrons. The molecule has 0 bridgehead atoms. The van der Waals surface area contributed by atoms with Crippen molar-refractivity contribution >= 4 is 23.1 Å². The number of halogens is 2. The van der Waals surface area contributed by atoms with Crippen molar-refractivity contribution in [3.8, 4) is 0 Å². The molecule has 2 aromatic heterocycles. The van der Waals surface area contributed by atoms with E-state index in [2.05, 4.69) is 15.3 Å². The first-order valence-electron chi connectivity index (χ1n) is 7.27. The van der Waals surface area contributed by atoms with E-state index in [1.54, 1.807) is 36.5 Å². The van der Waals surface area contributed by atoms with Crippen LogP contribution in [-0.4, -0.2) is 14.9 Å². The molecule has 8 heteroatoms. The van der Waals surface area contributed by atoms with Crippen molar-refractivity contribution in [2.75, 3.05) is 5.32 Å². The van der Waals surface area contributed by atoms with E-state index in [9.17, 15) is 14.5 Å². The van der Waals surface area contributed by atoms with Crippen LogP contribution >= 0.6 is 11.6 Å². The molecule has 25 heavy (non-hydrogen) atoms. The standard InChI is InChI=1S/C17H12ClFN4O2/c18-12-9-15(23(24)25)17(21-10-12)22-16(14-6-1-2-7-20-14)11-4-3-5-13(19)8-11/h1-10,16H,(H,21,22). The number of hydrogen-bond acceptors (Lipinski definition) is 5. The average molecular weight is 359 g/mol. The fraction of sp³-hybridized carbons (Fsp3) is 0.0588. The molecule has 6 nitrogen and oxygen atoms in total. The summed E-state index contributed by atoms with van der Waals surface area (Å²) in [4.78, 5) is 19.0. The number of nitrogens with one attached hydrogen (secondary N) is 1. The number of nitro groups is 1. The number of pyridine rings is 2. The summed E-state index contributed by atoms with van der Waals surface area (Å²) < 4.78 is 13.7. The summed E-state index contributed by atoms with van der Waals surface area (Å²) in [6.45, 7) is 0. The predicted octanol–water partition coefficient (Wildman–Crippen LogP) is 4.38. The minimum atomic E-state index is -0.621. The van der Waals surface area contributed by atoms with Gasteiger partial charge in [-0.05, 0) is 29.8 Å². The van der Waals surface area contributed by atoms with E-state index >= 15 is 0 Å². The van der Waals surface area contributed by atoms with Gasteiger partial charge in [0.15, 0.2) is 0 Å². The molecule has 3 aromatic rings. The second-order valence-electron chi connectivity index (χ2n) is 5.17. The van der Waals surface area contributed by atoms with E-state index in [0.717, 1.165) is 0 Å². The quantitative estimate of drug-likeness (QED) is 0.540. The molecule has 0 amide bonds. The van der Waals surface area contributed by atoms with Crippen molar-refractivity contribution in [3.63, 3.8) is 0 Å². The van der Waals surface area contributed by atoms with Crippen LogP contribution in [-0.2, 0) is 0 Å². The van der Waals surface area contributed by atoms with Gasteiger partial charge in [-0.15, -0.1) is 0 Å². The molecular formula is C17H12ClFN4O2. The Balaban J connectivity index is 2.06. The Bertz CT molecular complexity index is 908. The van der Waals surface area contributed by atoms with E-state index in [0.29, 0.717) is 11.3 Å². The molecule has 0 radical (unpaired) electrons. The van der Waals surface area contributed by atoms with Gasteiger partial charge in [-0.25, -0.2) is 9.37 Å². The van der Waals surface area contributed by atoms with Crippen LogP contribution in [0.5, 0.6) is 0 Å². The molecule has 0 aliphatic carbocycles. The fourth-order valence-electron chi connectivity index (χ4n) is 2.38. The normalized spacial score (nSPS) is 11.8. The minimum absolute atomic E-state index is 0.0225.